The number of aryl methyl sites for hydroxylation is 2. The van der Waals surface area contributed by atoms with Crippen LogP contribution in [0.1, 0.15) is 38.7 Å². The molecule has 3 nitrogen and oxygen atoms in total. The van der Waals surface area contributed by atoms with E-state index in [-0.39, 0.29) is 12.2 Å². The Kier molecular flexibility index (Phi) is 6.27. The van der Waals surface area contributed by atoms with E-state index in [0.29, 0.717) is 16.1 Å². The second kappa shape index (κ2) is 8.85. The summed E-state index contributed by atoms with van der Waals surface area (Å²) >= 11 is 5.88. The number of benzene rings is 3. The van der Waals surface area contributed by atoms with Gasteiger partial charge in [-0.15, -0.1) is 0 Å². The molecule has 0 radical (unpaired) electrons. The first-order valence-corrected chi connectivity index (χ1v) is 9.41. The molecule has 0 spiro atoms. The molecule has 4 heteroatoms. The van der Waals surface area contributed by atoms with Gasteiger partial charge < -0.3 is 4.74 Å². The van der Waals surface area contributed by atoms with Gasteiger partial charge in [0.05, 0.1) is 6.42 Å². The van der Waals surface area contributed by atoms with Crippen molar-refractivity contribution in [2.45, 2.75) is 26.4 Å². The Hall–Kier alpha value is -2.91. The van der Waals surface area contributed by atoms with Crippen molar-refractivity contribution in [1.82, 2.24) is 0 Å². The normalized spacial score (nSPS) is 11.7. The molecule has 0 saturated heterocycles. The maximum Gasteiger partial charge on any atom is 0.311 e. The summed E-state index contributed by atoms with van der Waals surface area (Å²) in [6.07, 6.45) is -0.913. The third-order valence-electron chi connectivity index (χ3n) is 4.47. The number of hydrogen-bond acceptors (Lipinski definition) is 3. The summed E-state index contributed by atoms with van der Waals surface area (Å²) < 4.78 is 5.64. The first-order valence-electron chi connectivity index (χ1n) is 9.04. The van der Waals surface area contributed by atoms with Crippen LogP contribution in [0.15, 0.2) is 72.8 Å². The second-order valence-corrected chi connectivity index (χ2v) is 7.25. The predicted molar refractivity (Wildman–Crippen MR) is 111 cm³/mol. The Balaban J connectivity index is 1.84. The fourth-order valence-electron chi connectivity index (χ4n) is 2.83. The summed E-state index contributed by atoms with van der Waals surface area (Å²) in [5, 5.41) is 0.601. The minimum absolute atomic E-state index is 0.0701. The van der Waals surface area contributed by atoms with Gasteiger partial charge in [0.2, 0.25) is 5.78 Å². The molecular formula is C24H21ClO3. The first kappa shape index (κ1) is 19.8. The number of esters is 1. The van der Waals surface area contributed by atoms with Gasteiger partial charge in [-0.05, 0) is 31.5 Å². The molecule has 142 valence electrons. The predicted octanol–water partition coefficient (Wildman–Crippen LogP) is 5.67. The molecule has 0 heterocycles. The average molecular weight is 393 g/mol. The number of rotatable bonds is 6. The largest absolute Gasteiger partial charge is 0.449 e. The van der Waals surface area contributed by atoms with Crippen molar-refractivity contribution >= 4 is 23.4 Å². The number of halogens is 1. The number of carbonyl (C=O) groups is 2. The van der Waals surface area contributed by atoms with Crippen LogP contribution in [0.3, 0.4) is 0 Å². The van der Waals surface area contributed by atoms with E-state index in [1.54, 1.807) is 36.4 Å². The van der Waals surface area contributed by atoms with E-state index in [9.17, 15) is 9.59 Å². The van der Waals surface area contributed by atoms with Gasteiger partial charge in [0, 0.05) is 16.1 Å². The molecule has 0 bridgehead atoms. The molecule has 3 rings (SSSR count). The molecule has 3 aromatic carbocycles. The third-order valence-corrected chi connectivity index (χ3v) is 4.72. The van der Waals surface area contributed by atoms with E-state index < -0.39 is 12.1 Å². The Morgan fingerprint density at radius 1 is 0.821 bits per heavy atom. The lowest BCUT2D eigenvalue weighted by atomic mass is 9.98. The Labute approximate surface area is 169 Å². The lowest BCUT2D eigenvalue weighted by Gasteiger charge is -2.18. The number of hydrogen-bond donors (Lipinski definition) is 0. The van der Waals surface area contributed by atoms with Crippen LogP contribution in [0.4, 0.5) is 0 Å². The van der Waals surface area contributed by atoms with Crippen LogP contribution < -0.4 is 0 Å². The van der Waals surface area contributed by atoms with Crippen molar-refractivity contribution in [3.05, 3.63) is 106 Å². The van der Waals surface area contributed by atoms with Gasteiger partial charge in [0.1, 0.15) is 0 Å². The number of ether oxygens (including phenoxy) is 1. The highest BCUT2D eigenvalue weighted by Crippen LogP contribution is 2.24. The second-order valence-electron chi connectivity index (χ2n) is 6.81. The van der Waals surface area contributed by atoms with Crippen LogP contribution in [-0.4, -0.2) is 11.8 Å². The van der Waals surface area contributed by atoms with Crippen LogP contribution >= 0.6 is 11.6 Å². The Morgan fingerprint density at radius 3 is 1.93 bits per heavy atom. The van der Waals surface area contributed by atoms with Gasteiger partial charge in [-0.1, -0.05) is 83.4 Å². The fourth-order valence-corrected chi connectivity index (χ4v) is 2.95. The molecule has 3 aromatic rings. The zero-order valence-electron chi connectivity index (χ0n) is 15.8. The van der Waals surface area contributed by atoms with Crippen molar-refractivity contribution in [1.29, 1.82) is 0 Å². The van der Waals surface area contributed by atoms with Gasteiger partial charge in [-0.2, -0.15) is 0 Å². The molecule has 0 saturated carbocycles. The zero-order valence-corrected chi connectivity index (χ0v) is 16.6. The van der Waals surface area contributed by atoms with Crippen LogP contribution in [0.2, 0.25) is 5.02 Å². The van der Waals surface area contributed by atoms with Crippen molar-refractivity contribution in [3.8, 4) is 0 Å². The molecule has 28 heavy (non-hydrogen) atoms. The molecule has 0 amide bonds. The van der Waals surface area contributed by atoms with E-state index in [0.717, 1.165) is 16.7 Å². The standard InChI is InChI=1S/C24H21ClO3/c1-16-3-9-19(10-4-16)23(27)24(20-11-5-17(2)6-12-20)28-22(26)15-18-7-13-21(25)14-8-18/h3-14,24H,15H2,1-2H3/t24-/m1/s1. The summed E-state index contributed by atoms with van der Waals surface area (Å²) in [5.74, 6) is -0.707. The van der Waals surface area contributed by atoms with E-state index in [1.165, 1.54) is 0 Å². The van der Waals surface area contributed by atoms with E-state index in [2.05, 4.69) is 0 Å². The molecular weight excluding hydrogens is 372 g/mol. The third kappa shape index (κ3) is 5.08. The molecule has 0 N–H and O–H groups in total. The van der Waals surface area contributed by atoms with E-state index >= 15 is 0 Å². The number of Topliss-reactive ketones (excluding diaryl/α,β-unsaturated/α-hetero) is 1. The molecule has 1 atom stereocenters. The van der Waals surface area contributed by atoms with Crippen LogP contribution in [0.25, 0.3) is 0 Å². The smallest absolute Gasteiger partial charge is 0.311 e. The first-order chi connectivity index (χ1) is 13.4. The molecule has 0 fully saturated rings. The van der Waals surface area contributed by atoms with Crippen LogP contribution in [0, 0.1) is 13.8 Å². The maximum atomic E-state index is 13.1. The quantitative estimate of drug-likeness (QED) is 0.401. The summed E-state index contributed by atoms with van der Waals surface area (Å²) in [6.45, 7) is 3.92. The van der Waals surface area contributed by atoms with Gasteiger partial charge >= 0.3 is 5.97 Å². The average Bonchev–Trinajstić information content (AvgIpc) is 2.69. The SMILES string of the molecule is Cc1ccc(C(=O)[C@H](OC(=O)Cc2ccc(Cl)cc2)c2ccc(C)cc2)cc1. The van der Waals surface area contributed by atoms with Crippen molar-refractivity contribution in [2.75, 3.05) is 0 Å². The lowest BCUT2D eigenvalue weighted by molar-refractivity contribution is -0.146. The highest BCUT2D eigenvalue weighted by molar-refractivity contribution is 6.30. The fraction of sp³-hybridized carbons (Fsp3) is 0.167. The highest BCUT2D eigenvalue weighted by Gasteiger charge is 2.26. The topological polar surface area (TPSA) is 43.4 Å². The molecule has 0 aliphatic carbocycles. The summed E-state index contributed by atoms with van der Waals surface area (Å²) in [4.78, 5) is 25.6. The molecule has 0 aromatic heterocycles. The highest BCUT2D eigenvalue weighted by atomic mass is 35.5. The summed E-state index contributed by atoms with van der Waals surface area (Å²) in [5.41, 5.74) is 4.07. The maximum absolute atomic E-state index is 13.1. The van der Waals surface area contributed by atoms with Crippen LogP contribution in [0.5, 0.6) is 0 Å². The molecule has 0 unspecified atom stereocenters. The number of carbonyl (C=O) groups excluding carboxylic acids is 2. The van der Waals surface area contributed by atoms with Crippen LogP contribution in [-0.2, 0) is 16.0 Å². The molecule has 0 aliphatic heterocycles. The van der Waals surface area contributed by atoms with Crippen molar-refractivity contribution in [3.63, 3.8) is 0 Å². The van der Waals surface area contributed by atoms with Gasteiger partial charge in [-0.3, -0.25) is 9.59 Å². The Morgan fingerprint density at radius 2 is 1.36 bits per heavy atom. The number of ketones is 1. The Bertz CT molecular complexity index is 958. The lowest BCUT2D eigenvalue weighted by Crippen LogP contribution is -2.21. The van der Waals surface area contributed by atoms with Gasteiger partial charge in [0.25, 0.3) is 0 Å². The molecule has 0 aliphatic rings. The minimum atomic E-state index is -0.983. The summed E-state index contributed by atoms with van der Waals surface area (Å²) in [6, 6.07) is 21.7. The van der Waals surface area contributed by atoms with Crippen molar-refractivity contribution < 1.29 is 14.3 Å². The zero-order chi connectivity index (χ0) is 20.1. The van der Waals surface area contributed by atoms with E-state index in [4.69, 9.17) is 16.3 Å². The van der Waals surface area contributed by atoms with Crippen molar-refractivity contribution in [2.24, 2.45) is 0 Å². The van der Waals surface area contributed by atoms with Gasteiger partial charge in [0.15, 0.2) is 6.10 Å². The monoisotopic (exact) mass is 392 g/mol. The van der Waals surface area contributed by atoms with E-state index in [1.807, 2.05) is 50.2 Å². The minimum Gasteiger partial charge on any atom is -0.449 e. The summed E-state index contributed by atoms with van der Waals surface area (Å²) in [7, 11) is 0. The van der Waals surface area contributed by atoms with Gasteiger partial charge in [-0.25, -0.2) is 0 Å².